The number of hydrogen-bond donors (Lipinski definition) is 2. The summed E-state index contributed by atoms with van der Waals surface area (Å²) >= 11 is 1.33. The van der Waals surface area contributed by atoms with E-state index in [1.807, 2.05) is 0 Å². The Hall–Kier alpha value is -2.29. The number of nitrogens with one attached hydrogen (secondary N) is 2. The lowest BCUT2D eigenvalue weighted by molar-refractivity contribution is -0.117. The van der Waals surface area contributed by atoms with Gasteiger partial charge in [-0.15, -0.1) is 21.5 Å². The number of carbonyl (C=O) groups is 2. The second-order valence-electron chi connectivity index (χ2n) is 5.93. The van der Waals surface area contributed by atoms with Crippen molar-refractivity contribution in [1.82, 2.24) is 25.5 Å². The van der Waals surface area contributed by atoms with Crippen molar-refractivity contribution in [3.05, 3.63) is 22.8 Å². The van der Waals surface area contributed by atoms with Gasteiger partial charge in [0.15, 0.2) is 5.82 Å². The number of H-pyrrole nitrogens is 1. The molecule has 3 heterocycles. The third kappa shape index (κ3) is 2.96. The van der Waals surface area contributed by atoms with E-state index in [2.05, 4.69) is 25.9 Å². The van der Waals surface area contributed by atoms with Crippen molar-refractivity contribution < 1.29 is 9.59 Å². The smallest absolute Gasteiger partial charge is 0.264 e. The maximum absolute atomic E-state index is 12.6. The summed E-state index contributed by atoms with van der Waals surface area (Å²) in [5.74, 6) is 0.998. The number of rotatable bonds is 4. The molecule has 1 atom stereocenters. The van der Waals surface area contributed by atoms with Crippen molar-refractivity contribution in [3.63, 3.8) is 0 Å². The fourth-order valence-electron chi connectivity index (χ4n) is 2.74. The minimum Gasteiger partial charge on any atom is -0.337 e. The Labute approximate surface area is 136 Å². The molecular formula is C14H16N6O2S. The number of nitrogens with zero attached hydrogens (tertiary/aromatic N) is 4. The third-order valence-corrected chi connectivity index (χ3v) is 5.20. The maximum Gasteiger partial charge on any atom is 0.264 e. The molecule has 1 aliphatic heterocycles. The standard InChI is InChI=1S/C14H16N6O2S/c21-13(8-1-2-8)15-11-4-3-10(23-11)14(22)20-6-5-9(7-20)12-16-18-19-17-12/h3-4,8-9H,1-2,5-7H2,(H,15,21)(H,16,17,18,19). The van der Waals surface area contributed by atoms with Gasteiger partial charge in [-0.25, -0.2) is 0 Å². The Morgan fingerprint density at radius 3 is 2.91 bits per heavy atom. The third-order valence-electron chi connectivity index (χ3n) is 4.21. The van der Waals surface area contributed by atoms with Crippen LogP contribution in [-0.2, 0) is 4.79 Å². The molecular weight excluding hydrogens is 316 g/mol. The lowest BCUT2D eigenvalue weighted by Crippen LogP contribution is -2.27. The molecule has 1 saturated carbocycles. The Morgan fingerprint density at radius 1 is 1.30 bits per heavy atom. The van der Waals surface area contributed by atoms with Crippen molar-refractivity contribution in [2.45, 2.75) is 25.2 Å². The first-order chi connectivity index (χ1) is 11.2. The largest absolute Gasteiger partial charge is 0.337 e. The molecule has 0 radical (unpaired) electrons. The number of aromatic nitrogens is 4. The van der Waals surface area contributed by atoms with E-state index in [0.29, 0.717) is 23.8 Å². The van der Waals surface area contributed by atoms with E-state index in [9.17, 15) is 9.59 Å². The zero-order chi connectivity index (χ0) is 15.8. The molecule has 2 amide bonds. The summed E-state index contributed by atoms with van der Waals surface area (Å²) < 4.78 is 0. The molecule has 2 N–H and O–H groups in total. The van der Waals surface area contributed by atoms with Gasteiger partial charge in [-0.1, -0.05) is 5.21 Å². The van der Waals surface area contributed by atoms with Crippen LogP contribution in [0.5, 0.6) is 0 Å². The number of hydrogen-bond acceptors (Lipinski definition) is 6. The van der Waals surface area contributed by atoms with Gasteiger partial charge < -0.3 is 10.2 Å². The molecule has 23 heavy (non-hydrogen) atoms. The Morgan fingerprint density at radius 2 is 2.17 bits per heavy atom. The minimum absolute atomic E-state index is 0.00656. The van der Waals surface area contributed by atoms with Crippen LogP contribution in [0.4, 0.5) is 5.00 Å². The predicted octanol–water partition coefficient (Wildman–Crippen LogP) is 1.24. The molecule has 1 unspecified atom stereocenters. The normalized spacial score (nSPS) is 20.7. The quantitative estimate of drug-likeness (QED) is 0.876. The summed E-state index contributed by atoms with van der Waals surface area (Å²) in [6.07, 6.45) is 2.77. The average molecular weight is 332 g/mol. The highest BCUT2D eigenvalue weighted by molar-refractivity contribution is 7.18. The molecule has 2 aliphatic rings. The van der Waals surface area contributed by atoms with E-state index < -0.39 is 0 Å². The Bertz CT molecular complexity index is 723. The van der Waals surface area contributed by atoms with Gasteiger partial charge in [-0.2, -0.15) is 5.21 Å². The number of likely N-dealkylation sites (tertiary alicyclic amines) is 1. The fraction of sp³-hybridized carbons (Fsp3) is 0.500. The lowest BCUT2D eigenvalue weighted by Gasteiger charge is -2.14. The van der Waals surface area contributed by atoms with Crippen LogP contribution in [0.3, 0.4) is 0 Å². The van der Waals surface area contributed by atoms with Crippen molar-refractivity contribution in [2.75, 3.05) is 18.4 Å². The van der Waals surface area contributed by atoms with Gasteiger partial charge in [-0.3, -0.25) is 9.59 Å². The molecule has 0 aromatic carbocycles. The molecule has 8 nitrogen and oxygen atoms in total. The van der Waals surface area contributed by atoms with Gasteiger partial charge in [0.1, 0.15) is 0 Å². The summed E-state index contributed by atoms with van der Waals surface area (Å²) in [6.45, 7) is 1.28. The highest BCUT2D eigenvalue weighted by Gasteiger charge is 2.32. The van der Waals surface area contributed by atoms with E-state index in [0.717, 1.165) is 24.3 Å². The number of anilines is 1. The van der Waals surface area contributed by atoms with Crippen molar-refractivity contribution >= 4 is 28.2 Å². The summed E-state index contributed by atoms with van der Waals surface area (Å²) in [5.41, 5.74) is 0. The number of aromatic amines is 1. The topological polar surface area (TPSA) is 104 Å². The van der Waals surface area contributed by atoms with Crippen molar-refractivity contribution in [1.29, 1.82) is 0 Å². The zero-order valence-corrected chi connectivity index (χ0v) is 13.2. The van der Waals surface area contributed by atoms with Crippen LogP contribution in [0, 0.1) is 5.92 Å². The predicted molar refractivity (Wildman–Crippen MR) is 83.1 cm³/mol. The van der Waals surface area contributed by atoms with E-state index >= 15 is 0 Å². The molecule has 0 spiro atoms. The van der Waals surface area contributed by atoms with Crippen LogP contribution in [-0.4, -0.2) is 50.4 Å². The van der Waals surface area contributed by atoms with Gasteiger partial charge >= 0.3 is 0 Å². The van der Waals surface area contributed by atoms with E-state index in [1.54, 1.807) is 17.0 Å². The maximum atomic E-state index is 12.6. The summed E-state index contributed by atoms with van der Waals surface area (Å²) in [5, 5.41) is 17.6. The van der Waals surface area contributed by atoms with Crippen LogP contribution in [0.15, 0.2) is 12.1 Å². The molecule has 1 aliphatic carbocycles. The van der Waals surface area contributed by atoms with E-state index in [-0.39, 0.29) is 23.7 Å². The van der Waals surface area contributed by atoms with Gasteiger partial charge in [0, 0.05) is 24.9 Å². The second-order valence-corrected chi connectivity index (χ2v) is 7.02. The second kappa shape index (κ2) is 5.73. The first-order valence-electron chi connectivity index (χ1n) is 7.64. The highest BCUT2D eigenvalue weighted by atomic mass is 32.1. The first-order valence-corrected chi connectivity index (χ1v) is 8.45. The van der Waals surface area contributed by atoms with Crippen molar-refractivity contribution in [2.24, 2.45) is 5.92 Å². The van der Waals surface area contributed by atoms with Gasteiger partial charge in [-0.05, 0) is 31.4 Å². The number of thiophene rings is 1. The van der Waals surface area contributed by atoms with Crippen LogP contribution in [0.2, 0.25) is 0 Å². The zero-order valence-electron chi connectivity index (χ0n) is 12.4. The molecule has 9 heteroatoms. The molecule has 1 saturated heterocycles. The number of tetrazole rings is 1. The Balaban J connectivity index is 1.39. The summed E-state index contributed by atoms with van der Waals surface area (Å²) in [4.78, 5) is 26.8. The summed E-state index contributed by atoms with van der Waals surface area (Å²) in [6, 6.07) is 3.57. The average Bonchev–Trinajstić information content (AvgIpc) is 3.00. The fourth-order valence-corrected chi connectivity index (χ4v) is 3.62. The monoisotopic (exact) mass is 332 g/mol. The molecule has 0 bridgehead atoms. The summed E-state index contributed by atoms with van der Waals surface area (Å²) in [7, 11) is 0. The van der Waals surface area contributed by atoms with Gasteiger partial charge in [0.2, 0.25) is 5.91 Å². The van der Waals surface area contributed by atoms with Crippen LogP contribution in [0.25, 0.3) is 0 Å². The number of amides is 2. The van der Waals surface area contributed by atoms with Crippen molar-refractivity contribution in [3.8, 4) is 0 Å². The SMILES string of the molecule is O=C(Nc1ccc(C(=O)N2CCC(c3nn[nH]n3)C2)s1)C1CC1. The Kier molecular flexibility index (Phi) is 3.56. The first kappa shape index (κ1) is 14.3. The van der Waals surface area contributed by atoms with Crippen LogP contribution in [0.1, 0.15) is 40.7 Å². The van der Waals surface area contributed by atoms with Gasteiger partial charge in [0.25, 0.3) is 5.91 Å². The molecule has 4 rings (SSSR count). The van der Waals surface area contributed by atoms with Crippen LogP contribution >= 0.6 is 11.3 Å². The lowest BCUT2D eigenvalue weighted by atomic mass is 10.1. The highest BCUT2D eigenvalue weighted by Crippen LogP contribution is 2.32. The van der Waals surface area contributed by atoms with Gasteiger partial charge in [0.05, 0.1) is 9.88 Å². The minimum atomic E-state index is -0.00656. The molecule has 2 aromatic rings. The molecule has 120 valence electrons. The number of carbonyl (C=O) groups excluding carboxylic acids is 2. The van der Waals surface area contributed by atoms with Crippen LogP contribution < -0.4 is 5.32 Å². The van der Waals surface area contributed by atoms with E-state index in [4.69, 9.17) is 0 Å². The van der Waals surface area contributed by atoms with E-state index in [1.165, 1.54) is 11.3 Å². The molecule has 2 aromatic heterocycles. The molecule has 2 fully saturated rings.